The van der Waals surface area contributed by atoms with Gasteiger partial charge in [0.05, 0.1) is 0 Å². The molecule has 1 aromatic rings. The first-order chi connectivity index (χ1) is 10.0. The Morgan fingerprint density at radius 2 is 2.00 bits per heavy atom. The number of carboxylic acids is 1. The first-order valence-corrected chi connectivity index (χ1v) is 7.62. The molecule has 2 saturated heterocycles. The van der Waals surface area contributed by atoms with E-state index in [1.54, 1.807) is 6.07 Å². The number of carboxylic acid groups (broad SMARTS) is 1. The monoisotopic (exact) mass is 290 g/mol. The molecule has 114 valence electrons. The summed E-state index contributed by atoms with van der Waals surface area (Å²) in [4.78, 5) is 14.0. The van der Waals surface area contributed by atoms with Crippen LogP contribution in [-0.2, 0) is 10.3 Å². The lowest BCUT2D eigenvalue weighted by atomic mass is 9.86. The van der Waals surface area contributed by atoms with Crippen LogP contribution < -0.4 is 10.2 Å². The number of phenols is 1. The van der Waals surface area contributed by atoms with Crippen LogP contribution in [0, 0.1) is 6.92 Å². The molecule has 3 N–H and O–H groups in total. The second kappa shape index (κ2) is 5.22. The molecule has 21 heavy (non-hydrogen) atoms. The molecule has 0 radical (unpaired) electrons. The first-order valence-electron chi connectivity index (χ1n) is 7.62. The van der Waals surface area contributed by atoms with Gasteiger partial charge in [-0.05, 0) is 50.8 Å². The molecular weight excluding hydrogens is 268 g/mol. The van der Waals surface area contributed by atoms with Crippen LogP contribution in [0.5, 0.6) is 5.75 Å². The number of phenolic OH excluding ortho intramolecular Hbond substituents is 1. The lowest BCUT2D eigenvalue weighted by molar-refractivity contribution is -0.144. The average molecular weight is 290 g/mol. The first kappa shape index (κ1) is 14.2. The van der Waals surface area contributed by atoms with Gasteiger partial charge < -0.3 is 15.1 Å². The van der Waals surface area contributed by atoms with Crippen molar-refractivity contribution in [2.45, 2.75) is 38.1 Å². The third-order valence-corrected chi connectivity index (χ3v) is 4.74. The number of carbonyl (C=O) groups is 1. The Bertz CT molecular complexity index is 559. The van der Waals surface area contributed by atoms with Crippen molar-refractivity contribution in [3.8, 4) is 5.75 Å². The number of hydrogen-bond acceptors (Lipinski definition) is 4. The number of nitrogens with zero attached hydrogens (tertiary/aromatic N) is 1. The van der Waals surface area contributed by atoms with Gasteiger partial charge in [0, 0.05) is 30.4 Å². The van der Waals surface area contributed by atoms with Gasteiger partial charge in [0.1, 0.15) is 11.3 Å². The number of anilines is 1. The Hall–Kier alpha value is -1.75. The molecule has 2 aliphatic heterocycles. The van der Waals surface area contributed by atoms with E-state index in [1.807, 2.05) is 13.0 Å². The van der Waals surface area contributed by atoms with Gasteiger partial charge in [-0.1, -0.05) is 0 Å². The fourth-order valence-corrected chi connectivity index (χ4v) is 3.60. The van der Waals surface area contributed by atoms with Crippen LogP contribution in [0.15, 0.2) is 12.1 Å². The summed E-state index contributed by atoms with van der Waals surface area (Å²) in [5, 5.41) is 23.1. The quantitative estimate of drug-likeness (QED) is 0.793. The normalized spacial score (nSPS) is 25.5. The summed E-state index contributed by atoms with van der Waals surface area (Å²) in [6, 6.07) is 3.58. The fraction of sp³-hybridized carbons (Fsp3) is 0.562. The summed E-state index contributed by atoms with van der Waals surface area (Å²) in [7, 11) is 0. The van der Waals surface area contributed by atoms with Crippen LogP contribution in [0.4, 0.5) is 5.69 Å². The van der Waals surface area contributed by atoms with Crippen LogP contribution >= 0.6 is 0 Å². The Kier molecular flexibility index (Phi) is 3.53. The molecule has 2 heterocycles. The molecule has 0 amide bonds. The van der Waals surface area contributed by atoms with Crippen molar-refractivity contribution in [1.82, 2.24) is 5.32 Å². The number of rotatable bonds is 3. The van der Waals surface area contributed by atoms with E-state index in [9.17, 15) is 15.0 Å². The maximum Gasteiger partial charge on any atom is 0.328 e. The minimum Gasteiger partial charge on any atom is -0.508 e. The summed E-state index contributed by atoms with van der Waals surface area (Å²) < 4.78 is 0. The van der Waals surface area contributed by atoms with Gasteiger partial charge in [-0.3, -0.25) is 5.32 Å². The maximum absolute atomic E-state index is 11.7. The Labute approximate surface area is 124 Å². The number of aryl methyl sites for hydroxylation is 1. The maximum atomic E-state index is 11.7. The number of aliphatic carboxylic acids is 1. The van der Waals surface area contributed by atoms with Crippen molar-refractivity contribution in [2.24, 2.45) is 0 Å². The van der Waals surface area contributed by atoms with Crippen LogP contribution in [0.1, 0.15) is 36.8 Å². The van der Waals surface area contributed by atoms with E-state index in [0.717, 1.165) is 30.8 Å². The van der Waals surface area contributed by atoms with Crippen molar-refractivity contribution in [1.29, 1.82) is 0 Å². The van der Waals surface area contributed by atoms with Gasteiger partial charge in [-0.2, -0.15) is 0 Å². The molecule has 5 nitrogen and oxygen atoms in total. The molecule has 5 heteroatoms. The third-order valence-electron chi connectivity index (χ3n) is 4.74. The van der Waals surface area contributed by atoms with Crippen LogP contribution in [0.3, 0.4) is 0 Å². The average Bonchev–Trinajstić information content (AvgIpc) is 3.11. The van der Waals surface area contributed by atoms with Crippen molar-refractivity contribution >= 4 is 11.7 Å². The third kappa shape index (κ3) is 2.25. The highest BCUT2D eigenvalue weighted by atomic mass is 16.4. The molecular formula is C16H22N2O3. The highest BCUT2D eigenvalue weighted by Crippen LogP contribution is 2.40. The zero-order valence-corrected chi connectivity index (χ0v) is 12.4. The molecule has 0 saturated carbocycles. The van der Waals surface area contributed by atoms with E-state index in [4.69, 9.17) is 0 Å². The van der Waals surface area contributed by atoms with Crippen LogP contribution in [-0.4, -0.2) is 35.8 Å². The summed E-state index contributed by atoms with van der Waals surface area (Å²) >= 11 is 0. The molecule has 2 fully saturated rings. The standard InChI is InChI=1S/C16H22N2O3/c1-11-9-12(16(15(20)21)5-4-6-17-16)14(19)10-13(11)18-7-2-3-8-18/h9-10,17,19H,2-8H2,1H3,(H,20,21)/t16-/m1/s1. The highest BCUT2D eigenvalue weighted by Gasteiger charge is 2.45. The molecule has 0 bridgehead atoms. The van der Waals surface area contributed by atoms with E-state index in [1.165, 1.54) is 12.8 Å². The second-order valence-corrected chi connectivity index (χ2v) is 6.09. The van der Waals surface area contributed by atoms with Gasteiger partial charge in [-0.15, -0.1) is 0 Å². The zero-order valence-electron chi connectivity index (χ0n) is 12.4. The van der Waals surface area contributed by atoms with Gasteiger partial charge in [0.2, 0.25) is 0 Å². The Morgan fingerprint density at radius 3 is 2.57 bits per heavy atom. The zero-order chi connectivity index (χ0) is 15.0. The Balaban J connectivity index is 2.04. The number of aromatic hydroxyl groups is 1. The van der Waals surface area contributed by atoms with Crippen LogP contribution in [0.2, 0.25) is 0 Å². The summed E-state index contributed by atoms with van der Waals surface area (Å²) in [5.74, 6) is -0.831. The molecule has 1 atom stereocenters. The SMILES string of the molecule is Cc1cc([C@@]2(C(=O)O)CCCN2)c(O)cc1N1CCCC1. The lowest BCUT2D eigenvalue weighted by Crippen LogP contribution is -2.44. The fourth-order valence-electron chi connectivity index (χ4n) is 3.60. The van der Waals surface area contributed by atoms with E-state index < -0.39 is 11.5 Å². The topological polar surface area (TPSA) is 72.8 Å². The van der Waals surface area contributed by atoms with Gasteiger partial charge in [0.15, 0.2) is 0 Å². The summed E-state index contributed by atoms with van der Waals surface area (Å²) in [6.45, 7) is 4.66. The van der Waals surface area contributed by atoms with Gasteiger partial charge in [0.25, 0.3) is 0 Å². The molecule has 0 aliphatic carbocycles. The Morgan fingerprint density at radius 1 is 1.29 bits per heavy atom. The van der Waals surface area contributed by atoms with E-state index in [0.29, 0.717) is 18.5 Å². The molecule has 0 unspecified atom stereocenters. The smallest absolute Gasteiger partial charge is 0.328 e. The van der Waals surface area contributed by atoms with Crippen LogP contribution in [0.25, 0.3) is 0 Å². The minimum absolute atomic E-state index is 0.0827. The van der Waals surface area contributed by atoms with Crippen molar-refractivity contribution in [2.75, 3.05) is 24.5 Å². The van der Waals surface area contributed by atoms with Gasteiger partial charge >= 0.3 is 5.97 Å². The predicted octanol–water partition coefficient (Wildman–Crippen LogP) is 1.96. The molecule has 1 aromatic carbocycles. The van der Waals surface area contributed by atoms with Crippen molar-refractivity contribution in [3.05, 3.63) is 23.3 Å². The number of hydrogen-bond donors (Lipinski definition) is 3. The van der Waals surface area contributed by atoms with Crippen molar-refractivity contribution in [3.63, 3.8) is 0 Å². The molecule has 3 rings (SSSR count). The van der Waals surface area contributed by atoms with Gasteiger partial charge in [-0.25, -0.2) is 4.79 Å². The predicted molar refractivity (Wildman–Crippen MR) is 80.8 cm³/mol. The molecule has 0 aromatic heterocycles. The number of nitrogens with one attached hydrogen (secondary N) is 1. The summed E-state index contributed by atoms with van der Waals surface area (Å²) in [6.07, 6.45) is 3.65. The molecule has 0 spiro atoms. The lowest BCUT2D eigenvalue weighted by Gasteiger charge is -2.28. The number of benzene rings is 1. The molecule has 2 aliphatic rings. The minimum atomic E-state index is -1.14. The highest BCUT2D eigenvalue weighted by molar-refractivity contribution is 5.83. The second-order valence-electron chi connectivity index (χ2n) is 6.09. The van der Waals surface area contributed by atoms with Crippen molar-refractivity contribution < 1.29 is 15.0 Å². The summed E-state index contributed by atoms with van der Waals surface area (Å²) in [5.41, 5.74) is 1.40. The van der Waals surface area contributed by atoms with E-state index in [-0.39, 0.29) is 5.75 Å². The van der Waals surface area contributed by atoms with E-state index >= 15 is 0 Å². The largest absolute Gasteiger partial charge is 0.508 e. The van der Waals surface area contributed by atoms with E-state index in [2.05, 4.69) is 10.2 Å².